The third kappa shape index (κ3) is 12.3. The first kappa shape index (κ1) is 30.0. The van der Waals surface area contributed by atoms with Crippen molar-refractivity contribution < 1.29 is 28.6 Å². The minimum Gasteiger partial charge on any atom is -0.490 e. The highest BCUT2D eigenvalue weighted by molar-refractivity contribution is 8.45. The molecule has 0 fully saturated rings. The molecule has 1 nitrogen and oxygen atoms in total. The molecule has 0 aliphatic carbocycles. The largest absolute Gasteiger partial charge is 0.490 e. The van der Waals surface area contributed by atoms with Crippen LogP contribution in [0.3, 0.4) is 0 Å². The van der Waals surface area contributed by atoms with Crippen molar-refractivity contribution in [2.24, 2.45) is 0 Å². The van der Waals surface area contributed by atoms with E-state index in [0.717, 1.165) is 89.2 Å². The Morgan fingerprint density at radius 1 is 0.636 bits per heavy atom. The van der Waals surface area contributed by atoms with Crippen molar-refractivity contribution in [3.05, 3.63) is 23.5 Å². The van der Waals surface area contributed by atoms with E-state index in [-0.39, 0.29) is 13.0 Å². The smallest absolute Gasteiger partial charge is 0.313 e. The lowest BCUT2D eigenvalue weighted by atomic mass is 10.0. The van der Waals surface area contributed by atoms with Crippen LogP contribution < -0.4 is 4.74 Å². The van der Waals surface area contributed by atoms with Gasteiger partial charge in [-0.2, -0.15) is 0 Å². The number of benzene rings is 1. The molecule has 0 saturated carbocycles. The van der Waals surface area contributed by atoms with Crippen LogP contribution in [0.2, 0.25) is 0 Å². The first-order valence-electron chi connectivity index (χ1n) is 12.6. The van der Waals surface area contributed by atoms with Crippen LogP contribution in [0.1, 0.15) is 116 Å². The average Bonchev–Trinajstić information content (AvgIpc) is 2.71. The van der Waals surface area contributed by atoms with Crippen LogP contribution in [0.25, 0.3) is 0 Å². The van der Waals surface area contributed by atoms with Gasteiger partial charge in [-0.3, -0.25) is 0 Å². The summed E-state index contributed by atoms with van der Waals surface area (Å²) < 4.78 is 88.3. The number of ether oxygens (including phenoxy) is 1. The average molecular weight is 505 g/mol. The number of rotatable bonds is 19. The van der Waals surface area contributed by atoms with Crippen LogP contribution in [-0.4, -0.2) is 6.61 Å². The van der Waals surface area contributed by atoms with Gasteiger partial charge in [-0.1, -0.05) is 123 Å². The van der Waals surface area contributed by atoms with E-state index in [1.165, 1.54) is 0 Å². The van der Waals surface area contributed by atoms with Gasteiger partial charge >= 0.3 is 10.2 Å². The van der Waals surface area contributed by atoms with Crippen molar-refractivity contribution in [1.29, 1.82) is 0 Å². The van der Waals surface area contributed by atoms with Gasteiger partial charge in [0.15, 0.2) is 11.6 Å². The van der Waals surface area contributed by atoms with E-state index in [4.69, 9.17) is 4.74 Å². The Morgan fingerprint density at radius 3 is 1.58 bits per heavy atom. The minimum atomic E-state index is -10.2. The molecule has 8 heteroatoms. The number of aryl methyl sites for hydroxylation is 1. The highest BCUT2D eigenvalue weighted by Gasteiger charge is 2.68. The zero-order valence-corrected chi connectivity index (χ0v) is 21.1. The van der Waals surface area contributed by atoms with Crippen molar-refractivity contribution in [2.75, 3.05) is 6.61 Å². The van der Waals surface area contributed by atoms with E-state index >= 15 is 0 Å². The van der Waals surface area contributed by atoms with Crippen LogP contribution in [0, 0.1) is 5.82 Å². The molecular weight excluding hydrogens is 462 g/mol. The second-order valence-corrected chi connectivity index (χ2v) is 11.4. The van der Waals surface area contributed by atoms with Gasteiger partial charge in [-0.15, -0.1) is 0 Å². The molecule has 33 heavy (non-hydrogen) atoms. The van der Waals surface area contributed by atoms with Gasteiger partial charge in [-0.05, 0) is 30.9 Å². The first-order chi connectivity index (χ1) is 15.4. The van der Waals surface area contributed by atoms with E-state index in [1.54, 1.807) is 0 Å². The van der Waals surface area contributed by atoms with Crippen LogP contribution in [0.4, 0.5) is 23.8 Å². The second-order valence-electron chi connectivity index (χ2n) is 9.03. The third-order valence-corrected chi connectivity index (χ3v) is 7.05. The molecule has 0 atom stereocenters. The molecule has 0 N–H and O–H groups in total. The summed E-state index contributed by atoms with van der Waals surface area (Å²) in [5.74, 6) is -2.72. The van der Waals surface area contributed by atoms with Gasteiger partial charge in [0.05, 0.1) is 6.61 Å². The number of unbranched alkanes of at least 4 members (excludes halogenated alkanes) is 13. The molecule has 0 aliphatic heterocycles. The molecule has 196 valence electrons. The Labute approximate surface area is 196 Å². The molecule has 0 saturated heterocycles. The maximum Gasteiger partial charge on any atom is 0.313 e. The Bertz CT molecular complexity index is 690. The van der Waals surface area contributed by atoms with Crippen molar-refractivity contribution in [1.82, 2.24) is 0 Å². The van der Waals surface area contributed by atoms with E-state index in [0.29, 0.717) is 19.3 Å². The monoisotopic (exact) mass is 504 g/mol. The Balaban J connectivity index is 2.71. The highest BCUT2D eigenvalue weighted by Crippen LogP contribution is 3.02. The topological polar surface area (TPSA) is 9.23 Å². The molecule has 1 aromatic rings. The summed E-state index contributed by atoms with van der Waals surface area (Å²) in [4.78, 5) is -2.39. The zero-order chi connectivity index (χ0) is 24.9. The molecule has 0 heterocycles. The number of hydrogen-bond donors (Lipinski definition) is 0. The summed E-state index contributed by atoms with van der Waals surface area (Å²) in [5.41, 5.74) is -0.680. The molecule has 0 bridgehead atoms. The van der Waals surface area contributed by atoms with Crippen molar-refractivity contribution in [3.8, 4) is 5.75 Å². The highest BCUT2D eigenvalue weighted by atomic mass is 32.5. The van der Waals surface area contributed by atoms with Crippen LogP contribution >= 0.6 is 10.2 Å². The lowest BCUT2D eigenvalue weighted by Crippen LogP contribution is -2.14. The predicted octanol–water partition coefficient (Wildman–Crippen LogP) is 11.3. The maximum atomic E-state index is 14.7. The molecule has 0 spiro atoms. The first-order valence-corrected chi connectivity index (χ1v) is 14.5. The fourth-order valence-corrected chi connectivity index (χ4v) is 5.10. The quantitative estimate of drug-likeness (QED) is 0.134. The molecule has 0 amide bonds. The SMILES string of the molecule is CCCCCCCCCCc1ccc(OCCCCCCCCC)c(F)c1S(F)(F)(F)(F)F. The van der Waals surface area contributed by atoms with Crippen molar-refractivity contribution in [3.63, 3.8) is 0 Å². The lowest BCUT2D eigenvalue weighted by molar-refractivity contribution is 0.282. The summed E-state index contributed by atoms with van der Waals surface area (Å²) in [6.07, 6.45) is 13.7. The molecule has 0 aliphatic rings. The molecule has 1 rings (SSSR count). The summed E-state index contributed by atoms with van der Waals surface area (Å²) in [6.45, 7) is 4.23. The third-order valence-electron chi connectivity index (χ3n) is 5.83. The summed E-state index contributed by atoms with van der Waals surface area (Å²) in [6, 6.07) is 2.02. The van der Waals surface area contributed by atoms with Gasteiger partial charge in [0.2, 0.25) is 0 Å². The minimum absolute atomic E-state index is 0.00182. The zero-order valence-electron chi connectivity index (χ0n) is 20.3. The van der Waals surface area contributed by atoms with Crippen molar-refractivity contribution in [2.45, 2.75) is 121 Å². The summed E-state index contributed by atoms with van der Waals surface area (Å²) in [5, 5.41) is 0. The van der Waals surface area contributed by atoms with Gasteiger partial charge in [-0.25, -0.2) is 4.39 Å². The summed E-state index contributed by atoms with van der Waals surface area (Å²) >= 11 is 0. The Hall–Kier alpha value is -1.05. The van der Waals surface area contributed by atoms with Gasteiger partial charge in [0.1, 0.15) is 4.90 Å². The van der Waals surface area contributed by atoms with Crippen LogP contribution in [0.5, 0.6) is 5.75 Å². The molecule has 0 unspecified atom stereocenters. The molecular formula is C25H42F6OS. The second kappa shape index (κ2) is 13.1. The fraction of sp³-hybridized carbons (Fsp3) is 0.760. The van der Waals surface area contributed by atoms with E-state index in [1.807, 2.05) is 0 Å². The molecule has 1 aromatic carbocycles. The molecule has 0 radical (unpaired) electrons. The fourth-order valence-electron chi connectivity index (χ4n) is 3.99. The Kier molecular flexibility index (Phi) is 11.9. The van der Waals surface area contributed by atoms with Gasteiger partial charge < -0.3 is 4.74 Å². The summed E-state index contributed by atoms with van der Waals surface area (Å²) in [7, 11) is -10.2. The van der Waals surface area contributed by atoms with Crippen LogP contribution in [-0.2, 0) is 6.42 Å². The normalized spacial score (nSPS) is 14.2. The van der Waals surface area contributed by atoms with Crippen molar-refractivity contribution >= 4 is 10.2 Å². The Morgan fingerprint density at radius 2 is 1.09 bits per heavy atom. The number of hydrogen-bond acceptors (Lipinski definition) is 1. The van der Waals surface area contributed by atoms with E-state index in [2.05, 4.69) is 13.8 Å². The maximum absolute atomic E-state index is 14.7. The predicted molar refractivity (Wildman–Crippen MR) is 128 cm³/mol. The van der Waals surface area contributed by atoms with E-state index in [9.17, 15) is 23.8 Å². The standard InChI is InChI=1S/C25H42F6OS/c1-3-5-7-9-11-12-14-16-18-22-19-20-23(24(26)25(22)33(27,28,29,30)31)32-21-17-15-13-10-8-6-4-2/h19-20H,3-18,21H2,1-2H3. The van der Waals surface area contributed by atoms with E-state index < -0.39 is 32.2 Å². The lowest BCUT2D eigenvalue weighted by Gasteiger charge is -2.42. The number of halogens is 6. The molecule has 0 aromatic heterocycles. The van der Waals surface area contributed by atoms with Crippen LogP contribution in [0.15, 0.2) is 17.0 Å². The van der Waals surface area contributed by atoms with Gasteiger partial charge in [0.25, 0.3) is 0 Å². The van der Waals surface area contributed by atoms with Gasteiger partial charge in [0, 0.05) is 0 Å².